The van der Waals surface area contributed by atoms with E-state index in [1.54, 1.807) is 42.5 Å². The summed E-state index contributed by atoms with van der Waals surface area (Å²) in [6, 6.07) is 11.6. The van der Waals surface area contributed by atoms with Crippen molar-refractivity contribution in [2.75, 3.05) is 18.2 Å². The zero-order chi connectivity index (χ0) is 26.2. The molecule has 4 rings (SSSR count). The first kappa shape index (κ1) is 25.9. The Labute approximate surface area is 213 Å². The molecule has 2 atom stereocenters. The number of aliphatic hydroxyl groups is 1. The van der Waals surface area contributed by atoms with Crippen molar-refractivity contribution < 1.29 is 27.5 Å². The molecular formula is C25H25ClFN3O5S. The number of amides is 3. The van der Waals surface area contributed by atoms with E-state index in [0.717, 1.165) is 6.26 Å². The number of aliphatic hydroxyl groups excluding tert-OH is 1. The smallest absolute Gasteiger partial charge is 0.321 e. The van der Waals surface area contributed by atoms with Crippen LogP contribution in [0.25, 0.3) is 5.57 Å². The van der Waals surface area contributed by atoms with Crippen molar-refractivity contribution >= 4 is 45.1 Å². The predicted octanol–water partition coefficient (Wildman–Crippen LogP) is 3.44. The van der Waals surface area contributed by atoms with Crippen LogP contribution in [-0.2, 0) is 14.6 Å². The van der Waals surface area contributed by atoms with Crippen molar-refractivity contribution in [2.45, 2.75) is 29.1 Å². The molecule has 1 fully saturated rings. The second-order valence-corrected chi connectivity index (χ2v) is 11.4. The molecule has 3 amide bonds. The summed E-state index contributed by atoms with van der Waals surface area (Å²) in [5.74, 6) is 0. The molecule has 2 aliphatic rings. The molecular weight excluding hydrogens is 509 g/mol. The van der Waals surface area contributed by atoms with Crippen molar-refractivity contribution in [3.05, 3.63) is 77.3 Å². The summed E-state index contributed by atoms with van der Waals surface area (Å²) in [4.78, 5) is 24.6. The van der Waals surface area contributed by atoms with Gasteiger partial charge in [0.2, 0.25) is 6.41 Å². The molecule has 11 heteroatoms. The van der Waals surface area contributed by atoms with Crippen LogP contribution in [0.15, 0.2) is 71.7 Å². The SMILES string of the molecule is CS(=O)(=O)c1ccccc1C1=C[C@](F)(C2(CO)CC2)[C@@](NC=O)(NC(=O)Nc2ccc(Cl)cc2)C=C1. The summed E-state index contributed by atoms with van der Waals surface area (Å²) >= 11 is 5.88. The van der Waals surface area contributed by atoms with Crippen molar-refractivity contribution in [1.82, 2.24) is 10.6 Å². The molecule has 36 heavy (non-hydrogen) atoms. The van der Waals surface area contributed by atoms with E-state index in [0.29, 0.717) is 10.7 Å². The summed E-state index contributed by atoms with van der Waals surface area (Å²) < 4.78 is 42.1. The lowest BCUT2D eigenvalue weighted by molar-refractivity contribution is -0.114. The zero-order valence-corrected chi connectivity index (χ0v) is 20.9. The minimum atomic E-state index is -3.65. The number of carbonyl (C=O) groups is 2. The Morgan fingerprint density at radius 3 is 2.42 bits per heavy atom. The standard InChI is InChI=1S/C25H25ClFN3O5S/c1-36(34,35)21-5-3-2-4-20(21)17-10-11-25(28-16-32,24(27,14-17)23(15-31)12-13-23)30-22(33)29-19-8-6-18(26)7-9-19/h2-11,14,16,31H,12-13,15H2,1H3,(H,28,32)(H2,29,30,33)/t24-,25-/m0/s1. The number of halogens is 2. The van der Waals surface area contributed by atoms with E-state index in [9.17, 15) is 23.1 Å². The predicted molar refractivity (Wildman–Crippen MR) is 135 cm³/mol. The number of hydrogen-bond acceptors (Lipinski definition) is 5. The number of nitrogens with one attached hydrogen (secondary N) is 3. The van der Waals surface area contributed by atoms with E-state index in [-0.39, 0.29) is 35.3 Å². The van der Waals surface area contributed by atoms with E-state index >= 15 is 4.39 Å². The fourth-order valence-corrected chi connectivity index (χ4v) is 5.59. The first-order chi connectivity index (χ1) is 17.0. The number of hydrogen-bond donors (Lipinski definition) is 4. The highest BCUT2D eigenvalue weighted by atomic mass is 35.5. The highest BCUT2D eigenvalue weighted by Gasteiger charge is 2.69. The third-order valence-electron chi connectivity index (χ3n) is 6.67. The number of allylic oxidation sites excluding steroid dienone is 2. The maximum atomic E-state index is 17.3. The van der Waals surface area contributed by atoms with Gasteiger partial charge in [-0.2, -0.15) is 0 Å². The van der Waals surface area contributed by atoms with Crippen molar-refractivity contribution in [3.8, 4) is 0 Å². The summed E-state index contributed by atoms with van der Waals surface area (Å²) in [5, 5.41) is 18.1. The Kier molecular flexibility index (Phi) is 6.72. The third-order valence-corrected chi connectivity index (χ3v) is 8.07. The minimum Gasteiger partial charge on any atom is -0.396 e. The average molecular weight is 534 g/mol. The fourth-order valence-electron chi connectivity index (χ4n) is 4.56. The van der Waals surface area contributed by atoms with Gasteiger partial charge >= 0.3 is 6.03 Å². The van der Waals surface area contributed by atoms with E-state index < -0.39 is 39.2 Å². The highest BCUT2D eigenvalue weighted by molar-refractivity contribution is 7.90. The number of urea groups is 1. The van der Waals surface area contributed by atoms with Crippen LogP contribution >= 0.6 is 11.6 Å². The van der Waals surface area contributed by atoms with Gasteiger partial charge in [-0.3, -0.25) is 4.79 Å². The monoisotopic (exact) mass is 533 g/mol. The van der Waals surface area contributed by atoms with Crippen LogP contribution in [-0.4, -0.2) is 50.2 Å². The molecule has 2 aromatic carbocycles. The molecule has 0 unspecified atom stereocenters. The van der Waals surface area contributed by atoms with Crippen molar-refractivity contribution in [1.29, 1.82) is 0 Å². The van der Waals surface area contributed by atoms with Crippen LogP contribution in [0.3, 0.4) is 0 Å². The first-order valence-electron chi connectivity index (χ1n) is 11.1. The van der Waals surface area contributed by atoms with Crippen LogP contribution < -0.4 is 16.0 Å². The topological polar surface area (TPSA) is 125 Å². The van der Waals surface area contributed by atoms with Gasteiger partial charge in [0.05, 0.1) is 11.5 Å². The lowest BCUT2D eigenvalue weighted by atomic mass is 9.71. The van der Waals surface area contributed by atoms with Gasteiger partial charge in [0, 0.05) is 27.9 Å². The first-order valence-corrected chi connectivity index (χ1v) is 13.3. The van der Waals surface area contributed by atoms with Crippen LogP contribution in [0.1, 0.15) is 18.4 Å². The number of sulfone groups is 1. The molecule has 0 aromatic heterocycles. The number of rotatable bonds is 8. The maximum absolute atomic E-state index is 17.3. The van der Waals surface area contributed by atoms with Gasteiger partial charge in [-0.15, -0.1) is 0 Å². The van der Waals surface area contributed by atoms with Crippen molar-refractivity contribution in [3.63, 3.8) is 0 Å². The normalized spacial score (nSPS) is 24.4. The lowest BCUT2D eigenvalue weighted by Gasteiger charge is -2.48. The molecule has 4 N–H and O–H groups in total. The molecule has 0 radical (unpaired) electrons. The summed E-state index contributed by atoms with van der Waals surface area (Å²) in [6.45, 7) is -0.558. The molecule has 8 nitrogen and oxygen atoms in total. The van der Waals surface area contributed by atoms with E-state index in [1.165, 1.54) is 24.3 Å². The summed E-state index contributed by atoms with van der Waals surface area (Å²) in [5.41, 5.74) is -5.02. The van der Waals surface area contributed by atoms with E-state index in [1.807, 2.05) is 0 Å². The number of anilines is 1. The second-order valence-electron chi connectivity index (χ2n) is 9.01. The number of alkyl halides is 1. The molecule has 0 spiro atoms. The third kappa shape index (κ3) is 4.52. The Bertz CT molecular complexity index is 1360. The van der Waals surface area contributed by atoms with Crippen LogP contribution in [0, 0.1) is 5.41 Å². The highest BCUT2D eigenvalue weighted by Crippen LogP contribution is 2.61. The van der Waals surface area contributed by atoms with E-state index in [4.69, 9.17) is 11.6 Å². The quantitative estimate of drug-likeness (QED) is 0.305. The largest absolute Gasteiger partial charge is 0.396 e. The molecule has 0 heterocycles. The molecule has 1 saturated carbocycles. The summed E-state index contributed by atoms with van der Waals surface area (Å²) in [7, 11) is -3.65. The molecule has 0 aliphatic heterocycles. The van der Waals surface area contributed by atoms with Gasteiger partial charge in [-0.05, 0) is 60.9 Å². The number of benzene rings is 2. The van der Waals surface area contributed by atoms with E-state index in [2.05, 4.69) is 16.0 Å². The van der Waals surface area contributed by atoms with Gasteiger partial charge in [-0.25, -0.2) is 17.6 Å². The summed E-state index contributed by atoms with van der Waals surface area (Å²) in [6.07, 6.45) is 5.78. The Balaban J connectivity index is 1.79. The Morgan fingerprint density at radius 1 is 1.17 bits per heavy atom. The molecule has 2 aromatic rings. The number of carbonyl (C=O) groups excluding carboxylic acids is 2. The molecule has 0 bridgehead atoms. The van der Waals surface area contributed by atoms with Gasteiger partial charge < -0.3 is 21.1 Å². The van der Waals surface area contributed by atoms with Gasteiger partial charge in [0.1, 0.15) is 0 Å². The van der Waals surface area contributed by atoms with Crippen LogP contribution in [0.4, 0.5) is 14.9 Å². The van der Waals surface area contributed by atoms with Gasteiger partial charge in [-0.1, -0.05) is 35.9 Å². The second kappa shape index (κ2) is 9.34. The minimum absolute atomic E-state index is 0.00128. The van der Waals surface area contributed by atoms with Crippen molar-refractivity contribution in [2.24, 2.45) is 5.41 Å². The van der Waals surface area contributed by atoms with Gasteiger partial charge in [0.15, 0.2) is 21.2 Å². The zero-order valence-electron chi connectivity index (χ0n) is 19.3. The maximum Gasteiger partial charge on any atom is 0.321 e. The average Bonchev–Trinajstić information content (AvgIpc) is 3.64. The molecule has 190 valence electrons. The van der Waals surface area contributed by atoms with Crippen LogP contribution in [0.5, 0.6) is 0 Å². The Morgan fingerprint density at radius 2 is 1.83 bits per heavy atom. The van der Waals surface area contributed by atoms with Crippen LogP contribution in [0.2, 0.25) is 5.02 Å². The lowest BCUT2D eigenvalue weighted by Crippen LogP contribution is -2.72. The Hall–Kier alpha value is -3.21. The molecule has 0 saturated heterocycles. The van der Waals surface area contributed by atoms with Gasteiger partial charge in [0.25, 0.3) is 0 Å². The molecule has 2 aliphatic carbocycles. The fraction of sp³-hybridized carbons (Fsp3) is 0.280.